The molecule has 1 amide bonds. The summed E-state index contributed by atoms with van der Waals surface area (Å²) in [5.41, 5.74) is -0.858. The smallest absolute Gasteiger partial charge is 0.416 e. The molecule has 0 saturated heterocycles. The Morgan fingerprint density at radius 3 is 2.28 bits per heavy atom. The molecule has 2 N–H and O–H groups in total. The van der Waals surface area contributed by atoms with Crippen LogP contribution < -0.4 is 5.32 Å². The number of carbonyl (C=O) groups is 2. The highest BCUT2D eigenvalue weighted by Gasteiger charge is 2.31. The van der Waals surface area contributed by atoms with Crippen molar-refractivity contribution in [3.8, 4) is 0 Å². The van der Waals surface area contributed by atoms with Gasteiger partial charge in [0.05, 0.1) is 5.56 Å². The van der Waals surface area contributed by atoms with Gasteiger partial charge in [0.2, 0.25) is 0 Å². The highest BCUT2D eigenvalue weighted by molar-refractivity contribution is 5.96. The van der Waals surface area contributed by atoms with E-state index in [2.05, 4.69) is 5.32 Å². The van der Waals surface area contributed by atoms with Gasteiger partial charge in [-0.15, -0.1) is 0 Å². The number of rotatable bonds is 5. The minimum absolute atomic E-state index is 0.139. The molecule has 0 saturated carbocycles. The van der Waals surface area contributed by atoms with E-state index in [1.54, 1.807) is 0 Å². The molecular formula is C17H13F4NO3. The lowest BCUT2D eigenvalue weighted by Crippen LogP contribution is -2.42. The first-order valence-electron chi connectivity index (χ1n) is 7.12. The molecule has 0 unspecified atom stereocenters. The van der Waals surface area contributed by atoms with Crippen molar-refractivity contribution in [1.29, 1.82) is 0 Å². The van der Waals surface area contributed by atoms with Crippen molar-refractivity contribution in [2.75, 3.05) is 0 Å². The Kier molecular flexibility index (Phi) is 5.41. The van der Waals surface area contributed by atoms with E-state index in [4.69, 9.17) is 0 Å². The minimum atomic E-state index is -4.61. The molecule has 4 nitrogen and oxygen atoms in total. The monoisotopic (exact) mass is 355 g/mol. The second-order valence-corrected chi connectivity index (χ2v) is 5.27. The summed E-state index contributed by atoms with van der Waals surface area (Å²) in [5, 5.41) is 11.4. The topological polar surface area (TPSA) is 66.4 Å². The fourth-order valence-electron chi connectivity index (χ4n) is 2.13. The summed E-state index contributed by atoms with van der Waals surface area (Å²) in [6, 6.07) is 7.31. The molecule has 2 aromatic rings. The summed E-state index contributed by atoms with van der Waals surface area (Å²) in [4.78, 5) is 23.4. The fraction of sp³-hybridized carbons (Fsp3) is 0.176. The lowest BCUT2D eigenvalue weighted by molar-refractivity contribution is -0.139. The van der Waals surface area contributed by atoms with Crippen LogP contribution in [0.4, 0.5) is 17.6 Å². The molecule has 0 aliphatic carbocycles. The van der Waals surface area contributed by atoms with Gasteiger partial charge in [0.15, 0.2) is 0 Å². The van der Waals surface area contributed by atoms with Gasteiger partial charge in [-0.05, 0) is 35.9 Å². The zero-order valence-corrected chi connectivity index (χ0v) is 12.7. The zero-order valence-electron chi connectivity index (χ0n) is 12.7. The SMILES string of the molecule is O=C(N[C@H](Cc1ccc(F)cc1)C(=O)O)c1cccc(C(F)(F)F)c1. The predicted molar refractivity (Wildman–Crippen MR) is 80.4 cm³/mol. The van der Waals surface area contributed by atoms with Gasteiger partial charge >= 0.3 is 12.1 Å². The van der Waals surface area contributed by atoms with Crippen LogP contribution in [-0.2, 0) is 17.4 Å². The average molecular weight is 355 g/mol. The fourth-order valence-corrected chi connectivity index (χ4v) is 2.13. The average Bonchev–Trinajstić information content (AvgIpc) is 2.55. The van der Waals surface area contributed by atoms with Gasteiger partial charge in [0.25, 0.3) is 5.91 Å². The summed E-state index contributed by atoms with van der Waals surface area (Å²) in [7, 11) is 0. The standard InChI is InChI=1S/C17H13F4NO3/c18-13-6-4-10(5-7-13)8-14(16(24)25)22-15(23)11-2-1-3-12(9-11)17(19,20)21/h1-7,9,14H,8H2,(H,22,23)(H,24,25)/t14-/m1/s1. The van der Waals surface area contributed by atoms with E-state index in [9.17, 15) is 32.3 Å². The Bertz CT molecular complexity index is 772. The van der Waals surface area contributed by atoms with Crippen molar-refractivity contribution in [3.63, 3.8) is 0 Å². The normalized spacial score (nSPS) is 12.5. The van der Waals surface area contributed by atoms with Gasteiger partial charge in [-0.3, -0.25) is 4.79 Å². The number of hydrogen-bond donors (Lipinski definition) is 2. The lowest BCUT2D eigenvalue weighted by atomic mass is 10.0. The molecule has 2 aromatic carbocycles. The predicted octanol–water partition coefficient (Wildman–Crippen LogP) is 3.27. The molecule has 0 bridgehead atoms. The third kappa shape index (κ3) is 5.03. The molecule has 0 fully saturated rings. The number of benzene rings is 2. The Hall–Kier alpha value is -2.90. The molecular weight excluding hydrogens is 342 g/mol. The van der Waals surface area contributed by atoms with E-state index >= 15 is 0 Å². The highest BCUT2D eigenvalue weighted by atomic mass is 19.4. The van der Waals surface area contributed by atoms with E-state index < -0.39 is 35.5 Å². The molecule has 0 aliphatic heterocycles. The number of aliphatic carboxylic acids is 1. The Morgan fingerprint density at radius 1 is 1.08 bits per heavy atom. The lowest BCUT2D eigenvalue weighted by Gasteiger charge is -2.15. The Balaban J connectivity index is 2.15. The van der Waals surface area contributed by atoms with E-state index in [0.29, 0.717) is 11.6 Å². The van der Waals surface area contributed by atoms with Gasteiger partial charge in [0.1, 0.15) is 11.9 Å². The first-order valence-corrected chi connectivity index (χ1v) is 7.12. The second-order valence-electron chi connectivity index (χ2n) is 5.27. The van der Waals surface area contributed by atoms with E-state index in [-0.39, 0.29) is 12.0 Å². The van der Waals surface area contributed by atoms with Crippen LogP contribution in [0.1, 0.15) is 21.5 Å². The van der Waals surface area contributed by atoms with Gasteiger partial charge in [-0.2, -0.15) is 13.2 Å². The van der Waals surface area contributed by atoms with Crippen molar-refractivity contribution >= 4 is 11.9 Å². The number of carboxylic acids is 1. The third-order valence-corrected chi connectivity index (χ3v) is 3.41. The molecule has 2 rings (SSSR count). The number of carboxylic acid groups (broad SMARTS) is 1. The largest absolute Gasteiger partial charge is 0.480 e. The number of nitrogens with one attached hydrogen (secondary N) is 1. The maximum Gasteiger partial charge on any atom is 0.416 e. The summed E-state index contributed by atoms with van der Waals surface area (Å²) in [5.74, 6) is -2.80. The molecule has 8 heteroatoms. The van der Waals surface area contributed by atoms with Gasteiger partial charge in [-0.25, -0.2) is 9.18 Å². The van der Waals surface area contributed by atoms with Crippen molar-refractivity contribution in [1.82, 2.24) is 5.32 Å². The van der Waals surface area contributed by atoms with Gasteiger partial charge in [-0.1, -0.05) is 18.2 Å². The quantitative estimate of drug-likeness (QED) is 0.809. The summed E-state index contributed by atoms with van der Waals surface area (Å²) < 4.78 is 50.9. The number of carbonyl (C=O) groups excluding carboxylic acids is 1. The van der Waals surface area contributed by atoms with Crippen LogP contribution in [0.3, 0.4) is 0 Å². The molecule has 0 aliphatic rings. The van der Waals surface area contributed by atoms with Crippen LogP contribution in [0.5, 0.6) is 0 Å². The highest BCUT2D eigenvalue weighted by Crippen LogP contribution is 2.29. The van der Waals surface area contributed by atoms with Crippen LogP contribution in [0.25, 0.3) is 0 Å². The number of amides is 1. The molecule has 0 radical (unpaired) electrons. The van der Waals surface area contributed by atoms with Crippen LogP contribution in [0.15, 0.2) is 48.5 Å². The number of hydrogen-bond acceptors (Lipinski definition) is 2. The molecule has 0 aromatic heterocycles. The molecule has 0 spiro atoms. The molecule has 0 heterocycles. The second kappa shape index (κ2) is 7.33. The minimum Gasteiger partial charge on any atom is -0.480 e. The van der Waals surface area contributed by atoms with E-state index in [1.807, 2.05) is 0 Å². The van der Waals surface area contributed by atoms with E-state index in [0.717, 1.165) is 30.3 Å². The number of halogens is 4. The van der Waals surface area contributed by atoms with Crippen molar-refractivity contribution in [3.05, 3.63) is 71.0 Å². The first-order chi connectivity index (χ1) is 11.7. The Labute approximate surface area is 140 Å². The number of alkyl halides is 3. The first kappa shape index (κ1) is 18.4. The summed E-state index contributed by atoms with van der Waals surface area (Å²) in [6.45, 7) is 0. The Morgan fingerprint density at radius 2 is 1.72 bits per heavy atom. The van der Waals surface area contributed by atoms with Crippen LogP contribution in [-0.4, -0.2) is 23.0 Å². The maximum absolute atomic E-state index is 12.9. The van der Waals surface area contributed by atoms with Gasteiger partial charge in [0, 0.05) is 12.0 Å². The van der Waals surface area contributed by atoms with Crippen LogP contribution in [0.2, 0.25) is 0 Å². The molecule has 132 valence electrons. The van der Waals surface area contributed by atoms with Crippen molar-refractivity contribution in [2.45, 2.75) is 18.6 Å². The maximum atomic E-state index is 12.9. The van der Waals surface area contributed by atoms with Crippen molar-refractivity contribution < 1.29 is 32.3 Å². The van der Waals surface area contributed by atoms with Gasteiger partial charge < -0.3 is 10.4 Å². The summed E-state index contributed by atoms with van der Waals surface area (Å²) >= 11 is 0. The zero-order chi connectivity index (χ0) is 18.6. The summed E-state index contributed by atoms with van der Waals surface area (Å²) in [6.07, 6.45) is -4.75. The van der Waals surface area contributed by atoms with Crippen LogP contribution >= 0.6 is 0 Å². The molecule has 25 heavy (non-hydrogen) atoms. The third-order valence-electron chi connectivity index (χ3n) is 3.41. The molecule has 1 atom stereocenters. The van der Waals surface area contributed by atoms with Crippen molar-refractivity contribution in [2.24, 2.45) is 0 Å². The van der Waals surface area contributed by atoms with E-state index in [1.165, 1.54) is 12.1 Å². The van der Waals surface area contributed by atoms with Crippen LogP contribution in [0, 0.1) is 5.82 Å².